The van der Waals surface area contributed by atoms with Crippen LogP contribution >= 0.6 is 24.0 Å². The lowest BCUT2D eigenvalue weighted by atomic mass is 9.97. The minimum absolute atomic E-state index is 0. The zero-order valence-electron chi connectivity index (χ0n) is 13.4. The van der Waals surface area contributed by atoms with E-state index in [1.165, 1.54) is 25.9 Å². The van der Waals surface area contributed by atoms with Gasteiger partial charge >= 0.3 is 0 Å². The first-order chi connectivity index (χ1) is 8.41. The maximum Gasteiger partial charge on any atom is 0.195 e. The Bertz CT molecular complexity index is 267. The summed E-state index contributed by atoms with van der Waals surface area (Å²) >= 11 is 0. The highest BCUT2D eigenvalue weighted by atomic mass is 127. The molecule has 0 radical (unpaired) electrons. The van der Waals surface area contributed by atoms with Crippen LogP contribution in [0.25, 0.3) is 0 Å². The highest BCUT2D eigenvalue weighted by molar-refractivity contribution is 14.0. The van der Waals surface area contributed by atoms with Crippen molar-refractivity contribution in [2.24, 2.45) is 10.9 Å². The SMILES string of the molecule is CC(C)N1CCCC(CN=C(N(C)C)N(C)C)C1.I. The van der Waals surface area contributed by atoms with Crippen molar-refractivity contribution in [3.63, 3.8) is 0 Å². The molecule has 19 heavy (non-hydrogen) atoms. The Morgan fingerprint density at radius 2 is 1.79 bits per heavy atom. The topological polar surface area (TPSA) is 22.1 Å². The van der Waals surface area contributed by atoms with E-state index < -0.39 is 0 Å². The number of aliphatic imine (C=N–C) groups is 1. The average molecular weight is 382 g/mol. The second kappa shape index (κ2) is 9.00. The van der Waals surface area contributed by atoms with Crippen molar-refractivity contribution in [1.29, 1.82) is 0 Å². The van der Waals surface area contributed by atoms with Crippen LogP contribution in [-0.4, -0.2) is 74.5 Å². The van der Waals surface area contributed by atoms with E-state index in [0.29, 0.717) is 6.04 Å². The molecule has 1 saturated heterocycles. The van der Waals surface area contributed by atoms with Crippen LogP contribution in [0.2, 0.25) is 0 Å². The molecule has 1 fully saturated rings. The zero-order chi connectivity index (χ0) is 13.7. The molecular formula is C14H31IN4. The summed E-state index contributed by atoms with van der Waals surface area (Å²) in [5.41, 5.74) is 0. The Labute approximate surface area is 136 Å². The Morgan fingerprint density at radius 3 is 2.26 bits per heavy atom. The summed E-state index contributed by atoms with van der Waals surface area (Å²) in [6.45, 7) is 7.99. The second-order valence-electron chi connectivity index (χ2n) is 6.03. The molecule has 0 bridgehead atoms. The maximum absolute atomic E-state index is 4.78. The molecule has 4 nitrogen and oxygen atoms in total. The van der Waals surface area contributed by atoms with Crippen LogP contribution in [0.4, 0.5) is 0 Å². The predicted molar refractivity (Wildman–Crippen MR) is 94.5 cm³/mol. The Balaban J connectivity index is 0.00000324. The summed E-state index contributed by atoms with van der Waals surface area (Å²) in [6, 6.07) is 0.666. The van der Waals surface area contributed by atoms with Gasteiger partial charge in [-0.15, -0.1) is 24.0 Å². The van der Waals surface area contributed by atoms with Crippen LogP contribution in [0, 0.1) is 5.92 Å². The molecule has 0 aromatic heterocycles. The molecule has 1 unspecified atom stereocenters. The standard InChI is InChI=1S/C14H30N4.HI/c1-12(2)18-9-7-8-13(11-18)10-15-14(16(3)4)17(5)6;/h12-13H,7-11H2,1-6H3;1H. The summed E-state index contributed by atoms with van der Waals surface area (Å²) in [6.07, 6.45) is 2.64. The fourth-order valence-corrected chi connectivity index (χ4v) is 2.61. The fourth-order valence-electron chi connectivity index (χ4n) is 2.61. The van der Waals surface area contributed by atoms with E-state index in [2.05, 4.69) is 56.7 Å². The predicted octanol–water partition coefficient (Wildman–Crippen LogP) is 2.20. The molecule has 5 heteroatoms. The fraction of sp³-hybridized carbons (Fsp3) is 0.929. The summed E-state index contributed by atoms with van der Waals surface area (Å²) in [4.78, 5) is 11.5. The lowest BCUT2D eigenvalue weighted by molar-refractivity contribution is 0.143. The van der Waals surface area contributed by atoms with E-state index in [4.69, 9.17) is 4.99 Å². The molecule has 0 spiro atoms. The quantitative estimate of drug-likeness (QED) is 0.425. The Morgan fingerprint density at radius 1 is 1.21 bits per heavy atom. The molecule has 1 atom stereocenters. The van der Waals surface area contributed by atoms with E-state index in [1.54, 1.807) is 0 Å². The number of guanidine groups is 1. The third-order valence-corrected chi connectivity index (χ3v) is 3.57. The molecule has 0 N–H and O–H groups in total. The van der Waals surface area contributed by atoms with Gasteiger partial charge in [-0.25, -0.2) is 0 Å². The summed E-state index contributed by atoms with van der Waals surface area (Å²) in [5, 5.41) is 0. The minimum atomic E-state index is 0. The van der Waals surface area contributed by atoms with E-state index in [9.17, 15) is 0 Å². The highest BCUT2D eigenvalue weighted by Gasteiger charge is 2.21. The molecule has 1 rings (SSSR count). The number of nitrogens with zero attached hydrogens (tertiary/aromatic N) is 4. The number of hydrogen-bond acceptors (Lipinski definition) is 2. The van der Waals surface area contributed by atoms with Gasteiger partial charge in [-0.1, -0.05) is 0 Å². The molecule has 0 saturated carbocycles. The molecule has 0 aromatic rings. The van der Waals surface area contributed by atoms with Crippen molar-refractivity contribution in [2.45, 2.75) is 32.7 Å². The third-order valence-electron chi connectivity index (χ3n) is 3.57. The van der Waals surface area contributed by atoms with Crippen LogP contribution in [0.5, 0.6) is 0 Å². The van der Waals surface area contributed by atoms with Gasteiger partial charge in [0.15, 0.2) is 5.96 Å². The van der Waals surface area contributed by atoms with Crippen molar-refractivity contribution < 1.29 is 0 Å². The van der Waals surface area contributed by atoms with Gasteiger partial charge in [-0.3, -0.25) is 4.99 Å². The van der Waals surface area contributed by atoms with Crippen LogP contribution in [-0.2, 0) is 0 Å². The van der Waals surface area contributed by atoms with Gasteiger partial charge in [0.25, 0.3) is 0 Å². The summed E-state index contributed by atoms with van der Waals surface area (Å²) in [7, 11) is 8.22. The monoisotopic (exact) mass is 382 g/mol. The van der Waals surface area contributed by atoms with Gasteiger partial charge in [0.05, 0.1) is 0 Å². The molecule has 114 valence electrons. The largest absolute Gasteiger partial charge is 0.349 e. The van der Waals surface area contributed by atoms with Gasteiger partial charge < -0.3 is 14.7 Å². The van der Waals surface area contributed by atoms with Gasteiger partial charge in [0, 0.05) is 47.3 Å². The molecule has 0 aromatic carbocycles. The van der Waals surface area contributed by atoms with Crippen LogP contribution in [0.3, 0.4) is 0 Å². The molecule has 0 amide bonds. The molecule has 0 aliphatic carbocycles. The van der Waals surface area contributed by atoms with Gasteiger partial charge in [0.2, 0.25) is 0 Å². The van der Waals surface area contributed by atoms with Gasteiger partial charge in [0.1, 0.15) is 0 Å². The van der Waals surface area contributed by atoms with Crippen LogP contribution < -0.4 is 0 Å². The van der Waals surface area contributed by atoms with Crippen molar-refractivity contribution in [2.75, 3.05) is 47.8 Å². The van der Waals surface area contributed by atoms with E-state index in [1.807, 2.05) is 0 Å². The number of likely N-dealkylation sites (tertiary alicyclic amines) is 1. The van der Waals surface area contributed by atoms with Crippen molar-refractivity contribution in [3.05, 3.63) is 0 Å². The minimum Gasteiger partial charge on any atom is -0.349 e. The Kier molecular flexibility index (Phi) is 8.98. The normalized spacial score (nSPS) is 19.8. The van der Waals surface area contributed by atoms with Crippen molar-refractivity contribution >= 4 is 29.9 Å². The van der Waals surface area contributed by atoms with Crippen molar-refractivity contribution in [1.82, 2.24) is 14.7 Å². The number of rotatable bonds is 3. The summed E-state index contributed by atoms with van der Waals surface area (Å²) in [5.74, 6) is 1.78. The molecule has 1 aliphatic rings. The maximum atomic E-state index is 4.78. The number of halogens is 1. The first-order valence-corrected chi connectivity index (χ1v) is 7.05. The number of piperidine rings is 1. The van der Waals surface area contributed by atoms with Gasteiger partial charge in [-0.05, 0) is 39.2 Å². The second-order valence-corrected chi connectivity index (χ2v) is 6.03. The summed E-state index contributed by atoms with van der Waals surface area (Å²) < 4.78 is 0. The molecule has 1 heterocycles. The first kappa shape index (κ1) is 19.0. The third kappa shape index (κ3) is 6.29. The van der Waals surface area contributed by atoms with E-state index in [-0.39, 0.29) is 24.0 Å². The number of hydrogen-bond donors (Lipinski definition) is 0. The van der Waals surface area contributed by atoms with Crippen LogP contribution in [0.15, 0.2) is 4.99 Å². The average Bonchev–Trinajstić information content (AvgIpc) is 2.28. The van der Waals surface area contributed by atoms with Crippen LogP contribution in [0.1, 0.15) is 26.7 Å². The lowest BCUT2D eigenvalue weighted by Crippen LogP contribution is -2.41. The molecule has 1 aliphatic heterocycles. The lowest BCUT2D eigenvalue weighted by Gasteiger charge is -2.35. The van der Waals surface area contributed by atoms with E-state index in [0.717, 1.165) is 18.4 Å². The first-order valence-electron chi connectivity index (χ1n) is 7.05. The highest BCUT2D eigenvalue weighted by Crippen LogP contribution is 2.18. The molecular weight excluding hydrogens is 351 g/mol. The zero-order valence-corrected chi connectivity index (χ0v) is 15.7. The Hall–Kier alpha value is -0.0400. The van der Waals surface area contributed by atoms with Gasteiger partial charge in [-0.2, -0.15) is 0 Å². The van der Waals surface area contributed by atoms with E-state index >= 15 is 0 Å². The smallest absolute Gasteiger partial charge is 0.195 e. The van der Waals surface area contributed by atoms with Crippen molar-refractivity contribution in [3.8, 4) is 0 Å².